The van der Waals surface area contributed by atoms with Crippen LogP contribution in [0.2, 0.25) is 0 Å². The molecule has 1 atom stereocenters. The van der Waals surface area contributed by atoms with Crippen molar-refractivity contribution in [3.8, 4) is 0 Å². The lowest BCUT2D eigenvalue weighted by molar-refractivity contribution is -0.143. The summed E-state index contributed by atoms with van der Waals surface area (Å²) in [5, 5.41) is 3.35. The topological polar surface area (TPSA) is 52.7 Å². The van der Waals surface area contributed by atoms with Gasteiger partial charge in [-0.15, -0.1) is 11.8 Å². The third-order valence-corrected chi connectivity index (χ3v) is 10.8. The number of nitrogens with zero attached hydrogens (tertiary/aromatic N) is 2. The molecule has 1 spiro atoms. The Bertz CT molecular complexity index is 711. The first-order valence-electron chi connectivity index (χ1n) is 12.6. The normalized spacial score (nSPS) is 27.6. The van der Waals surface area contributed by atoms with E-state index in [1.807, 2.05) is 16.7 Å². The van der Waals surface area contributed by atoms with Crippen molar-refractivity contribution in [2.75, 3.05) is 18.8 Å². The molecule has 4 rings (SSSR count). The molecule has 0 aromatic rings. The highest BCUT2D eigenvalue weighted by atomic mass is 32.2. The summed E-state index contributed by atoms with van der Waals surface area (Å²) in [5.74, 6) is 0.471. The minimum Gasteiger partial charge on any atom is -0.358 e. The predicted octanol–water partition coefficient (Wildman–Crippen LogP) is 4.93. The quantitative estimate of drug-likeness (QED) is 0.556. The van der Waals surface area contributed by atoms with E-state index >= 15 is 0 Å². The van der Waals surface area contributed by atoms with Gasteiger partial charge in [0.1, 0.15) is 10.4 Å². The van der Waals surface area contributed by atoms with Crippen molar-refractivity contribution in [1.82, 2.24) is 15.1 Å². The molecule has 0 aromatic heterocycles. The van der Waals surface area contributed by atoms with Crippen LogP contribution >= 0.6 is 35.7 Å². The summed E-state index contributed by atoms with van der Waals surface area (Å²) in [6.07, 6.45) is 13.6. The summed E-state index contributed by atoms with van der Waals surface area (Å²) in [4.78, 5) is 31.4. The molecule has 4 fully saturated rings. The molecule has 1 unspecified atom stereocenters. The van der Waals surface area contributed by atoms with Crippen molar-refractivity contribution in [1.29, 1.82) is 0 Å². The van der Waals surface area contributed by atoms with E-state index in [2.05, 4.69) is 24.1 Å². The highest BCUT2D eigenvalue weighted by Crippen LogP contribution is 2.57. The fraction of sp³-hybridized carbons (Fsp3) is 0.875. The SMILES string of the molecule is CC1(C)SC2(CCCCC2)N(C(=O)CSC(=S)N2CCCC2)C1C(=O)NC1CCCCC1. The maximum absolute atomic E-state index is 13.8. The number of thiocarbonyl (C=S) groups is 1. The lowest BCUT2D eigenvalue weighted by atomic mass is 9.90. The Morgan fingerprint density at radius 2 is 1.62 bits per heavy atom. The van der Waals surface area contributed by atoms with Crippen LogP contribution in [-0.4, -0.2) is 66.5 Å². The third-order valence-electron chi connectivity index (χ3n) is 7.60. The molecule has 4 aliphatic rings. The third kappa shape index (κ3) is 5.27. The van der Waals surface area contributed by atoms with Gasteiger partial charge in [-0.1, -0.05) is 62.5 Å². The average molecular weight is 498 g/mol. The Balaban J connectivity index is 1.52. The highest BCUT2D eigenvalue weighted by Gasteiger charge is 2.60. The minimum absolute atomic E-state index is 0.0531. The van der Waals surface area contributed by atoms with E-state index < -0.39 is 6.04 Å². The van der Waals surface area contributed by atoms with Gasteiger partial charge in [0, 0.05) is 23.9 Å². The monoisotopic (exact) mass is 497 g/mol. The number of rotatable bonds is 4. The Morgan fingerprint density at radius 3 is 2.28 bits per heavy atom. The van der Waals surface area contributed by atoms with Crippen molar-refractivity contribution in [3.63, 3.8) is 0 Å². The molecule has 2 aliphatic heterocycles. The van der Waals surface area contributed by atoms with Crippen LogP contribution in [0.15, 0.2) is 0 Å². The van der Waals surface area contributed by atoms with Crippen LogP contribution in [0.25, 0.3) is 0 Å². The van der Waals surface area contributed by atoms with Crippen LogP contribution in [0.5, 0.6) is 0 Å². The highest BCUT2D eigenvalue weighted by molar-refractivity contribution is 8.23. The average Bonchev–Trinajstić information content (AvgIpc) is 3.38. The van der Waals surface area contributed by atoms with E-state index in [9.17, 15) is 9.59 Å². The van der Waals surface area contributed by atoms with Crippen LogP contribution in [0.4, 0.5) is 0 Å². The van der Waals surface area contributed by atoms with E-state index in [4.69, 9.17) is 12.2 Å². The molecule has 0 radical (unpaired) electrons. The maximum atomic E-state index is 13.8. The van der Waals surface area contributed by atoms with Crippen LogP contribution in [0.3, 0.4) is 0 Å². The molecule has 1 N–H and O–H groups in total. The zero-order valence-corrected chi connectivity index (χ0v) is 22.1. The summed E-state index contributed by atoms with van der Waals surface area (Å²) in [7, 11) is 0. The lowest BCUT2D eigenvalue weighted by Gasteiger charge is -2.42. The van der Waals surface area contributed by atoms with Gasteiger partial charge in [-0.25, -0.2) is 0 Å². The van der Waals surface area contributed by atoms with Gasteiger partial charge < -0.3 is 15.1 Å². The second-order valence-electron chi connectivity index (χ2n) is 10.5. The molecule has 8 heteroatoms. The standard InChI is InChI=1S/C24H39N3O2S3/c1-23(2)20(21(29)25-18-11-5-3-6-12-18)27(24(32-23)13-7-4-8-14-24)19(28)17-31-22(30)26-15-9-10-16-26/h18,20H,3-17H2,1-2H3,(H,25,29). The molecule has 0 bridgehead atoms. The molecular weight excluding hydrogens is 458 g/mol. The Hall–Kier alpha value is -0.470. The van der Waals surface area contributed by atoms with E-state index in [0.717, 1.165) is 55.9 Å². The van der Waals surface area contributed by atoms with E-state index in [0.29, 0.717) is 5.75 Å². The van der Waals surface area contributed by atoms with Crippen molar-refractivity contribution < 1.29 is 9.59 Å². The van der Waals surface area contributed by atoms with Gasteiger partial charge in [0.25, 0.3) is 0 Å². The van der Waals surface area contributed by atoms with Crippen LogP contribution in [0.1, 0.15) is 90.9 Å². The summed E-state index contributed by atoms with van der Waals surface area (Å²) in [6, 6.07) is -0.157. The van der Waals surface area contributed by atoms with Gasteiger partial charge in [0.05, 0.1) is 10.6 Å². The van der Waals surface area contributed by atoms with Gasteiger partial charge >= 0.3 is 0 Å². The smallest absolute Gasteiger partial charge is 0.244 e. The zero-order valence-electron chi connectivity index (χ0n) is 19.7. The first-order valence-corrected chi connectivity index (χ1v) is 14.8. The number of carbonyl (C=O) groups excluding carboxylic acids is 2. The number of nitrogens with one attached hydrogen (secondary N) is 1. The summed E-state index contributed by atoms with van der Waals surface area (Å²) >= 11 is 8.99. The van der Waals surface area contributed by atoms with Crippen LogP contribution in [-0.2, 0) is 9.59 Å². The van der Waals surface area contributed by atoms with E-state index in [1.165, 1.54) is 50.3 Å². The Kier molecular flexibility index (Phi) is 8.03. The molecule has 180 valence electrons. The van der Waals surface area contributed by atoms with Gasteiger partial charge in [-0.05, 0) is 52.4 Å². The molecule has 5 nitrogen and oxygen atoms in total. The largest absolute Gasteiger partial charge is 0.358 e. The molecule has 2 saturated heterocycles. The Morgan fingerprint density at radius 1 is 1.00 bits per heavy atom. The first-order chi connectivity index (χ1) is 15.3. The molecule has 2 saturated carbocycles. The van der Waals surface area contributed by atoms with Gasteiger partial charge in [-0.3, -0.25) is 9.59 Å². The fourth-order valence-electron chi connectivity index (χ4n) is 6.10. The minimum atomic E-state index is -0.416. The second kappa shape index (κ2) is 10.4. The summed E-state index contributed by atoms with van der Waals surface area (Å²) < 4.78 is 0.536. The fourth-order valence-corrected chi connectivity index (χ4v) is 9.32. The van der Waals surface area contributed by atoms with E-state index in [-0.39, 0.29) is 27.5 Å². The van der Waals surface area contributed by atoms with Gasteiger partial charge in [0.15, 0.2) is 0 Å². The van der Waals surface area contributed by atoms with Crippen LogP contribution in [0, 0.1) is 0 Å². The lowest BCUT2D eigenvalue weighted by Crippen LogP contribution is -2.59. The van der Waals surface area contributed by atoms with Crippen molar-refractivity contribution in [3.05, 3.63) is 0 Å². The van der Waals surface area contributed by atoms with Crippen LogP contribution < -0.4 is 5.32 Å². The summed E-state index contributed by atoms with van der Waals surface area (Å²) in [6.45, 7) is 6.33. The van der Waals surface area contributed by atoms with Gasteiger partial charge in [-0.2, -0.15) is 0 Å². The molecule has 32 heavy (non-hydrogen) atoms. The first kappa shape index (κ1) is 24.6. The predicted molar refractivity (Wildman–Crippen MR) is 139 cm³/mol. The number of carbonyl (C=O) groups is 2. The number of likely N-dealkylation sites (tertiary alicyclic amines) is 1. The van der Waals surface area contributed by atoms with Crippen molar-refractivity contribution >= 4 is 51.9 Å². The zero-order chi connectivity index (χ0) is 22.8. The summed E-state index contributed by atoms with van der Waals surface area (Å²) in [5.41, 5.74) is 0. The molecule has 2 aliphatic carbocycles. The number of thioether (sulfide) groups is 2. The Labute approximate surface area is 207 Å². The van der Waals surface area contributed by atoms with Crippen molar-refractivity contribution in [2.24, 2.45) is 0 Å². The van der Waals surface area contributed by atoms with E-state index in [1.54, 1.807) is 0 Å². The number of hydrogen-bond donors (Lipinski definition) is 1. The second-order valence-corrected chi connectivity index (χ2v) is 14.1. The molecule has 2 amide bonds. The molecule has 2 heterocycles. The number of hydrogen-bond acceptors (Lipinski definition) is 5. The number of amides is 2. The molecular formula is C24H39N3O2S3. The maximum Gasteiger partial charge on any atom is 0.244 e. The molecule has 0 aromatic carbocycles. The van der Waals surface area contributed by atoms with Gasteiger partial charge in [0.2, 0.25) is 11.8 Å². The van der Waals surface area contributed by atoms with Crippen molar-refractivity contribution in [2.45, 2.75) is 113 Å².